The fourth-order valence-corrected chi connectivity index (χ4v) is 4.15. The van der Waals surface area contributed by atoms with Gasteiger partial charge >= 0.3 is 0 Å². The minimum Gasteiger partial charge on any atom is -0.0968 e. The van der Waals surface area contributed by atoms with Gasteiger partial charge < -0.3 is 0 Å². The zero-order valence-corrected chi connectivity index (χ0v) is 11.1. The van der Waals surface area contributed by atoms with E-state index < -0.39 is 0 Å². The van der Waals surface area contributed by atoms with Crippen LogP contribution in [0.25, 0.3) is 0 Å². The molecule has 0 atom stereocenters. The van der Waals surface area contributed by atoms with Crippen molar-refractivity contribution < 1.29 is 0 Å². The zero-order valence-electron chi connectivity index (χ0n) is 9.44. The minimum absolute atomic E-state index is 1.08. The fraction of sp³-hybridized carbons (Fsp3) is 0.0769. The largest absolute Gasteiger partial charge is 0.0968 e. The summed E-state index contributed by atoms with van der Waals surface area (Å²) in [5, 5.41) is 0. The van der Waals surface area contributed by atoms with Gasteiger partial charge in [-0.25, -0.2) is 0 Å². The van der Waals surface area contributed by atoms with E-state index in [0.717, 1.165) is 5.46 Å². The molecule has 0 amide bonds. The lowest BCUT2D eigenvalue weighted by molar-refractivity contribution is 1.15. The van der Waals surface area contributed by atoms with Crippen LogP contribution in [0.5, 0.6) is 0 Å². The molecule has 0 aromatic heterocycles. The topological polar surface area (TPSA) is 0 Å². The smallest absolute Gasteiger partial charge is 0.0957 e. The van der Waals surface area contributed by atoms with Crippen LogP contribution in [-0.4, -0.2) is 14.9 Å². The molecule has 0 aliphatic carbocycles. The van der Waals surface area contributed by atoms with Crippen molar-refractivity contribution in [3.8, 4) is 0 Å². The van der Waals surface area contributed by atoms with Crippen LogP contribution >= 0.6 is 23.5 Å². The molecule has 0 N–H and O–H groups in total. The van der Waals surface area contributed by atoms with Crippen molar-refractivity contribution in [2.24, 2.45) is 0 Å². The number of hydrogen-bond acceptors (Lipinski definition) is 2. The van der Waals surface area contributed by atoms with Gasteiger partial charge in [0.15, 0.2) is 0 Å². The molecule has 79 valence electrons. The minimum atomic E-state index is 1.08. The molecule has 1 aliphatic heterocycles. The number of hydrogen-bond donors (Lipinski definition) is 0. The van der Waals surface area contributed by atoms with Gasteiger partial charge in [0.25, 0.3) is 0 Å². The summed E-state index contributed by atoms with van der Waals surface area (Å²) >= 11 is 3.66. The molecular weight excluding hydrogens is 242 g/mol. The molecule has 3 rings (SSSR count). The predicted octanol–water partition coefficient (Wildman–Crippen LogP) is 3.02. The Labute approximate surface area is 112 Å². The maximum absolute atomic E-state index is 5.56. The van der Waals surface area contributed by atoms with E-state index in [9.17, 15) is 0 Å². The van der Waals surface area contributed by atoms with Crippen LogP contribution in [0, 0.1) is 6.92 Å². The van der Waals surface area contributed by atoms with Crippen LogP contribution in [-0.2, 0) is 0 Å². The molecule has 0 spiro atoms. The highest BCUT2D eigenvalue weighted by molar-refractivity contribution is 8.05. The summed E-state index contributed by atoms with van der Waals surface area (Å²) in [7, 11) is 7.21. The van der Waals surface area contributed by atoms with E-state index in [-0.39, 0.29) is 0 Å². The predicted molar refractivity (Wildman–Crippen MR) is 77.0 cm³/mol. The highest BCUT2D eigenvalue weighted by Gasteiger charge is 2.16. The second kappa shape index (κ2) is 4.51. The molecule has 0 bridgehead atoms. The van der Waals surface area contributed by atoms with Gasteiger partial charge in [0.1, 0.15) is 0 Å². The van der Waals surface area contributed by atoms with Crippen LogP contribution in [0.1, 0.15) is 5.56 Å². The van der Waals surface area contributed by atoms with Crippen LogP contribution in [0.4, 0.5) is 0 Å². The first-order valence-corrected chi connectivity index (χ1v) is 7.05. The lowest BCUT2D eigenvalue weighted by Crippen LogP contribution is -2.14. The lowest BCUT2D eigenvalue weighted by atomic mass is 9.51. The quantitative estimate of drug-likeness (QED) is 0.609. The van der Waals surface area contributed by atoms with Crippen molar-refractivity contribution in [3.63, 3.8) is 0 Å². The van der Waals surface area contributed by atoms with Crippen molar-refractivity contribution >= 4 is 43.9 Å². The monoisotopic (exact) mass is 251 g/mol. The Balaban J connectivity index is 2.05. The third-order valence-corrected chi connectivity index (χ3v) is 5.22. The molecule has 0 saturated heterocycles. The first kappa shape index (κ1) is 11.4. The van der Waals surface area contributed by atoms with Crippen molar-refractivity contribution in [2.45, 2.75) is 26.5 Å². The van der Waals surface area contributed by atoms with Crippen molar-refractivity contribution in [1.29, 1.82) is 0 Å². The number of fused-ring (bicyclic) bond motifs is 2. The first-order chi connectivity index (χ1) is 8.26. The van der Waals surface area contributed by atoms with Crippen LogP contribution in [0.3, 0.4) is 0 Å². The van der Waals surface area contributed by atoms with Gasteiger partial charge in [-0.3, -0.25) is 0 Å². The molecule has 0 saturated carbocycles. The van der Waals surface area contributed by atoms with E-state index in [1.54, 1.807) is 7.17 Å². The molecule has 1 aliphatic rings. The Bertz CT molecular complexity index is 582. The molecule has 0 unspecified atom stereocenters. The van der Waals surface area contributed by atoms with Gasteiger partial charge in [0.2, 0.25) is 0 Å². The summed E-state index contributed by atoms with van der Waals surface area (Å²) < 4.78 is 0. The van der Waals surface area contributed by atoms with Crippen molar-refractivity contribution in [2.75, 3.05) is 0 Å². The number of benzene rings is 2. The molecule has 17 heavy (non-hydrogen) atoms. The van der Waals surface area contributed by atoms with Gasteiger partial charge in [-0.2, -0.15) is 0 Å². The standard InChI is InChI=1S/C13H9B2S2/c1-8-2-4-10-12(6-8)17-13-7-9(15-14)3-5-11(13)16-10/h2-7H,1H3. The van der Waals surface area contributed by atoms with E-state index in [4.69, 9.17) is 7.74 Å². The molecular formula is C13H9B2S2. The average molecular weight is 251 g/mol. The van der Waals surface area contributed by atoms with E-state index >= 15 is 0 Å². The molecule has 4 heteroatoms. The van der Waals surface area contributed by atoms with Crippen LogP contribution < -0.4 is 5.46 Å². The fourth-order valence-electron chi connectivity index (χ4n) is 1.81. The normalized spacial score (nSPS) is 12.8. The van der Waals surface area contributed by atoms with Gasteiger partial charge in [0, 0.05) is 27.3 Å². The highest BCUT2D eigenvalue weighted by Crippen LogP contribution is 2.48. The van der Waals surface area contributed by atoms with Crippen molar-refractivity contribution in [1.82, 2.24) is 0 Å². The third kappa shape index (κ3) is 2.16. The third-order valence-electron chi connectivity index (χ3n) is 2.70. The van der Waals surface area contributed by atoms with E-state index in [0.29, 0.717) is 0 Å². The van der Waals surface area contributed by atoms with Gasteiger partial charge in [-0.05, 0) is 30.7 Å². The Hall–Kier alpha value is -0.730. The maximum atomic E-state index is 5.56. The van der Waals surface area contributed by atoms with E-state index in [1.165, 1.54) is 25.1 Å². The highest BCUT2D eigenvalue weighted by atomic mass is 32.2. The SMILES string of the molecule is [B][B]c1ccc2c(c1)Sc1cc(C)ccc1S2. The Kier molecular flexibility index (Phi) is 3.01. The Morgan fingerprint density at radius 2 is 1.53 bits per heavy atom. The van der Waals surface area contributed by atoms with E-state index in [2.05, 4.69) is 43.3 Å². The molecule has 3 radical (unpaired) electrons. The Morgan fingerprint density at radius 3 is 2.29 bits per heavy atom. The van der Waals surface area contributed by atoms with Gasteiger partial charge in [0.05, 0.1) is 7.17 Å². The summed E-state index contributed by atoms with van der Waals surface area (Å²) in [5.74, 6) is 0. The van der Waals surface area contributed by atoms with E-state index in [1.807, 2.05) is 23.5 Å². The average Bonchev–Trinajstić information content (AvgIpc) is 2.35. The second-order valence-electron chi connectivity index (χ2n) is 4.03. The Morgan fingerprint density at radius 1 is 0.882 bits per heavy atom. The summed E-state index contributed by atoms with van der Waals surface area (Å²) in [5.41, 5.74) is 2.38. The molecule has 0 fully saturated rings. The number of aryl methyl sites for hydroxylation is 1. The summed E-state index contributed by atoms with van der Waals surface area (Å²) in [6.07, 6.45) is 0. The summed E-state index contributed by atoms with van der Waals surface area (Å²) in [4.78, 5) is 5.30. The molecule has 2 aromatic rings. The second-order valence-corrected chi connectivity index (χ2v) is 6.19. The van der Waals surface area contributed by atoms with Crippen LogP contribution in [0.15, 0.2) is 56.0 Å². The summed E-state index contributed by atoms with van der Waals surface area (Å²) in [6.45, 7) is 2.13. The lowest BCUT2D eigenvalue weighted by Gasteiger charge is -2.19. The maximum Gasteiger partial charge on any atom is 0.0957 e. The summed E-state index contributed by atoms with van der Waals surface area (Å²) in [6, 6.07) is 13.0. The number of rotatable bonds is 1. The van der Waals surface area contributed by atoms with Gasteiger partial charge in [-0.1, -0.05) is 47.2 Å². The molecule has 1 heterocycles. The zero-order chi connectivity index (χ0) is 11.8. The molecule has 0 nitrogen and oxygen atoms in total. The van der Waals surface area contributed by atoms with Crippen molar-refractivity contribution in [3.05, 3.63) is 42.0 Å². The first-order valence-electron chi connectivity index (χ1n) is 5.41. The van der Waals surface area contributed by atoms with Gasteiger partial charge in [-0.15, -0.1) is 0 Å². The molecule has 2 aromatic carbocycles. The van der Waals surface area contributed by atoms with Crippen LogP contribution in [0.2, 0.25) is 0 Å².